The van der Waals surface area contributed by atoms with Crippen molar-refractivity contribution in [1.82, 2.24) is 0 Å². The van der Waals surface area contributed by atoms with Gasteiger partial charge in [-0.05, 0) is 19.9 Å². The van der Waals surface area contributed by atoms with E-state index in [-0.39, 0.29) is 8.22 Å². The molecule has 0 aromatic carbocycles. The molecule has 80 valence electrons. The molecule has 0 aliphatic carbocycles. The average Bonchev–Trinajstić information content (AvgIpc) is 2.18. The Hall–Kier alpha value is -0.160. The molecule has 0 rings (SSSR count). The third-order valence-electron chi connectivity index (χ3n) is 0.629. The van der Waals surface area contributed by atoms with Crippen LogP contribution in [0.1, 0.15) is 35.5 Å². The van der Waals surface area contributed by atoms with Gasteiger partial charge in [-0.3, -0.25) is 0 Å². The minimum atomic E-state index is -0.0312. The molecule has 0 unspecified atom stereocenters. The van der Waals surface area contributed by atoms with Crippen LogP contribution < -0.4 is 5.73 Å². The Labute approximate surface area is 77.1 Å². The number of hydrogen-bond donors (Lipinski definition) is 2. The molecule has 0 saturated heterocycles. The summed E-state index contributed by atoms with van der Waals surface area (Å²) >= 11 is 0. The van der Waals surface area contributed by atoms with Crippen LogP contribution in [0.4, 0.5) is 0 Å². The molecule has 0 saturated carbocycles. The molecular formula is C8H25NO3. The summed E-state index contributed by atoms with van der Waals surface area (Å²) in [7, 11) is 0. The molecule has 4 nitrogen and oxygen atoms in total. The van der Waals surface area contributed by atoms with Crippen LogP contribution in [0, 0.1) is 0 Å². The van der Waals surface area contributed by atoms with E-state index in [1.165, 1.54) is 0 Å². The molecule has 12 heavy (non-hydrogen) atoms. The maximum atomic E-state index is 7.57. The molecule has 0 amide bonds. The summed E-state index contributed by atoms with van der Waals surface area (Å²) in [6.45, 7) is 9.23. The van der Waals surface area contributed by atoms with Gasteiger partial charge in [-0.15, -0.1) is 0 Å². The standard InChI is InChI=1S/C3H9N.C3H8O3.C2H6.H2/c1-2-3-4;1-2-5-3-6-4;1-2;/h2-4H2,1H3;4H,2-3H2,1H3;1-2H3;1H. The Bertz CT molecular complexity index is 44.4. The Morgan fingerprint density at radius 1 is 1.33 bits per heavy atom. The lowest BCUT2D eigenvalue weighted by Crippen LogP contribution is -1.93. The van der Waals surface area contributed by atoms with Crippen molar-refractivity contribution in [1.29, 1.82) is 0 Å². The molecule has 0 aliphatic rings. The number of rotatable bonds is 4. The smallest absolute Gasteiger partial charge is 0.180 e. The van der Waals surface area contributed by atoms with Gasteiger partial charge in [0.25, 0.3) is 0 Å². The van der Waals surface area contributed by atoms with E-state index in [1.807, 2.05) is 20.8 Å². The van der Waals surface area contributed by atoms with Crippen LogP contribution in [0.25, 0.3) is 0 Å². The highest BCUT2D eigenvalue weighted by atomic mass is 17.1. The molecule has 0 fully saturated rings. The fraction of sp³-hybridized carbons (Fsp3) is 1.00. The Balaban J connectivity index is -0.0000000512. The Kier molecular flexibility index (Phi) is 45.7. The Morgan fingerprint density at radius 2 is 1.75 bits per heavy atom. The summed E-state index contributed by atoms with van der Waals surface area (Å²) in [6, 6.07) is 0. The first-order valence-corrected chi connectivity index (χ1v) is 4.37. The molecule has 0 aromatic heterocycles. The highest BCUT2D eigenvalue weighted by Crippen LogP contribution is 1.68. The van der Waals surface area contributed by atoms with Crippen LogP contribution in [0.3, 0.4) is 0 Å². The lowest BCUT2D eigenvalue weighted by atomic mass is 10.5. The number of hydrogen-bond acceptors (Lipinski definition) is 4. The van der Waals surface area contributed by atoms with Crippen LogP contribution in [-0.4, -0.2) is 25.2 Å². The minimum absolute atomic E-state index is 0. The molecule has 0 radical (unpaired) electrons. The van der Waals surface area contributed by atoms with Gasteiger partial charge in [0.05, 0.1) is 0 Å². The fourth-order valence-electron chi connectivity index (χ4n) is 0.121. The van der Waals surface area contributed by atoms with Gasteiger partial charge >= 0.3 is 0 Å². The van der Waals surface area contributed by atoms with E-state index in [0.29, 0.717) is 6.61 Å². The van der Waals surface area contributed by atoms with Crippen molar-refractivity contribution in [2.75, 3.05) is 19.9 Å². The van der Waals surface area contributed by atoms with Gasteiger partial charge in [-0.1, -0.05) is 20.8 Å². The largest absolute Gasteiger partial charge is 0.353 e. The molecule has 0 aliphatic heterocycles. The summed E-state index contributed by atoms with van der Waals surface area (Å²) in [5.41, 5.74) is 5.03. The molecule has 0 heterocycles. The highest BCUT2D eigenvalue weighted by molar-refractivity contribution is 4.19. The monoisotopic (exact) mass is 183 g/mol. The first-order chi connectivity index (χ1) is 5.83. The molecule has 0 spiro atoms. The lowest BCUT2D eigenvalue weighted by molar-refractivity contribution is -0.295. The first-order valence-electron chi connectivity index (χ1n) is 4.37. The maximum absolute atomic E-state index is 7.57. The lowest BCUT2D eigenvalue weighted by Gasteiger charge is -1.91. The van der Waals surface area contributed by atoms with Crippen molar-refractivity contribution in [2.45, 2.75) is 34.1 Å². The third kappa shape index (κ3) is 52.1. The average molecular weight is 183 g/mol. The van der Waals surface area contributed by atoms with Crippen molar-refractivity contribution in [3.05, 3.63) is 0 Å². The minimum Gasteiger partial charge on any atom is -0.353 e. The van der Waals surface area contributed by atoms with E-state index >= 15 is 0 Å². The third-order valence-corrected chi connectivity index (χ3v) is 0.629. The predicted molar refractivity (Wildman–Crippen MR) is 53.0 cm³/mol. The molecule has 0 bridgehead atoms. The second kappa shape index (κ2) is 30.8. The fourth-order valence-corrected chi connectivity index (χ4v) is 0.121. The zero-order valence-electron chi connectivity index (χ0n) is 8.67. The molecule has 0 aromatic rings. The molecule has 4 heteroatoms. The van der Waals surface area contributed by atoms with Gasteiger partial charge in [0, 0.05) is 8.03 Å². The Morgan fingerprint density at radius 3 is 1.83 bits per heavy atom. The van der Waals surface area contributed by atoms with Crippen molar-refractivity contribution in [3.8, 4) is 0 Å². The van der Waals surface area contributed by atoms with Crippen molar-refractivity contribution < 1.29 is 16.3 Å². The zero-order chi connectivity index (χ0) is 10.2. The second-order valence-corrected chi connectivity index (χ2v) is 1.53. The molecule has 3 N–H and O–H groups in total. The predicted octanol–water partition coefficient (Wildman–Crippen LogP) is 2.10. The summed E-state index contributed by atoms with van der Waals surface area (Å²) in [5, 5.41) is 7.57. The summed E-state index contributed by atoms with van der Waals surface area (Å²) in [6.07, 6.45) is 1.10. The molecular weight excluding hydrogens is 158 g/mol. The maximum Gasteiger partial charge on any atom is 0.180 e. The number of nitrogens with two attached hydrogens (primary N) is 1. The van der Waals surface area contributed by atoms with Crippen LogP contribution >= 0.6 is 0 Å². The number of ether oxygens (including phenoxy) is 1. The second-order valence-electron chi connectivity index (χ2n) is 1.53. The van der Waals surface area contributed by atoms with Gasteiger partial charge in [-0.25, -0.2) is 10.1 Å². The van der Waals surface area contributed by atoms with Gasteiger partial charge in [-0.2, -0.15) is 0 Å². The first kappa shape index (κ1) is 17.8. The van der Waals surface area contributed by atoms with E-state index in [1.54, 1.807) is 0 Å². The van der Waals surface area contributed by atoms with Crippen LogP contribution in [-0.2, 0) is 9.62 Å². The van der Waals surface area contributed by atoms with Crippen molar-refractivity contribution in [2.24, 2.45) is 5.73 Å². The highest BCUT2D eigenvalue weighted by Gasteiger charge is 1.73. The summed E-state index contributed by atoms with van der Waals surface area (Å²) < 4.78 is 4.51. The van der Waals surface area contributed by atoms with Crippen LogP contribution in [0.15, 0.2) is 0 Å². The van der Waals surface area contributed by atoms with Gasteiger partial charge in [0.15, 0.2) is 6.79 Å². The van der Waals surface area contributed by atoms with E-state index < -0.39 is 0 Å². The van der Waals surface area contributed by atoms with E-state index in [9.17, 15) is 0 Å². The van der Waals surface area contributed by atoms with Crippen molar-refractivity contribution in [3.63, 3.8) is 0 Å². The zero-order valence-corrected chi connectivity index (χ0v) is 8.67. The van der Waals surface area contributed by atoms with Crippen LogP contribution in [0.5, 0.6) is 0 Å². The quantitative estimate of drug-likeness (QED) is 0.303. The SMILES string of the molecule is CC.CCCN.CCOCOO.[HH]. The van der Waals surface area contributed by atoms with E-state index in [4.69, 9.17) is 11.0 Å². The van der Waals surface area contributed by atoms with E-state index in [2.05, 4.69) is 16.5 Å². The van der Waals surface area contributed by atoms with Crippen molar-refractivity contribution >= 4 is 0 Å². The topological polar surface area (TPSA) is 64.7 Å². The summed E-state index contributed by atoms with van der Waals surface area (Å²) in [4.78, 5) is 3.56. The van der Waals surface area contributed by atoms with E-state index in [0.717, 1.165) is 13.0 Å². The normalized spacial score (nSPS) is 7.50. The van der Waals surface area contributed by atoms with Crippen LogP contribution in [0.2, 0.25) is 0 Å². The van der Waals surface area contributed by atoms with Gasteiger partial charge < -0.3 is 10.5 Å². The molecule has 0 atom stereocenters. The van der Waals surface area contributed by atoms with Gasteiger partial charge in [0.2, 0.25) is 0 Å². The summed E-state index contributed by atoms with van der Waals surface area (Å²) in [5.74, 6) is 0. The van der Waals surface area contributed by atoms with Gasteiger partial charge in [0.1, 0.15) is 0 Å².